The Kier molecular flexibility index (Phi) is 35.8. The third-order valence-electron chi connectivity index (χ3n) is 26.2. The number of hydrogen-bond acceptors (Lipinski definition) is 23. The van der Waals surface area contributed by atoms with E-state index in [4.69, 9.17) is 16.2 Å². The summed E-state index contributed by atoms with van der Waals surface area (Å²) < 4.78 is 7.08. The Morgan fingerprint density at radius 2 is 1.16 bits per heavy atom. The average molecular weight is 1760 g/mol. The van der Waals surface area contributed by atoms with E-state index in [-0.39, 0.29) is 207 Å². The molecule has 3 unspecified atom stereocenters. The molecule has 18 atom stereocenters. The molecule has 6 fully saturated rings. The van der Waals surface area contributed by atoms with Gasteiger partial charge in [-0.2, -0.15) is 11.8 Å². The number of aromatic amines is 2. The van der Waals surface area contributed by atoms with E-state index in [9.17, 15) is 92.3 Å². The van der Waals surface area contributed by atoms with Gasteiger partial charge in [0.1, 0.15) is 42.3 Å². The van der Waals surface area contributed by atoms with Gasteiger partial charge in [-0.1, -0.05) is 59.7 Å². The molecule has 0 spiro atoms. The Morgan fingerprint density at radius 1 is 0.589 bits per heavy atom. The minimum atomic E-state index is -1.41. The normalized spacial score (nSPS) is 25.4. The van der Waals surface area contributed by atoms with Gasteiger partial charge in [-0.3, -0.25) is 91.5 Å². The zero-order chi connectivity index (χ0) is 90.4. The van der Waals surface area contributed by atoms with Gasteiger partial charge in [0, 0.05) is 118 Å². The average Bonchev–Trinajstić information content (AvgIpc) is 1.51. The molecule has 0 radical (unpaired) electrons. The molecule has 2 aromatic heterocycles. The maximum Gasteiger partial charge on any atom is 0.317 e. The lowest BCUT2D eigenvalue weighted by Gasteiger charge is -2.62. The standard InChI is InChI=1S/C84H129N19O20S/c1-46(2)31-60(80(120)96-58(76(86)116)20-30-124-8)97-81(121)62(35-52-38-87-45-91-52)95-69(108)40-90-82(122)75(47(3)4)99-77(117)48(5)92-79(119)61(32-49-37-88-57-12-10-9-11-53(49)57)98-78(118)59(15-17-66(85)105)94-67(106)18-16-64-54-13-14-55-74-56(36-65(123-64)84(54,55)7)83(6)21-19-51(33-50(83)34-63(74)104)93-68(107)39-89-70(109)41-100-22-24-101(42-71(110)111)26-28-103(44-73(114)115)29-27-102(25-23-100)43-72(112)113/h9-12,37-38,45-48,50-51,54-56,58-65,74-75,88,104H,13-36,39-44H2,1-8H3,(H2,85,105)(H2,86,116)(H,87,91)(H,89,109)(H,90,122)(H,92,119)(H,93,107)(H,94,106)(H,95,108)(H,96,120)(H,97,121)(H,98,118)(H,99,117)(H,110,111)(H,112,113)(H,114,115)/t48-,50-,51-,54+,55?,56?,58-,59-,60-,61-,62-,63+,64+,65-,74?,75-,83-,84+/m0/s1. The molecule has 3 aromatic rings. The Hall–Kier alpha value is -9.87. The number of thioether (sulfide) groups is 1. The van der Waals surface area contributed by atoms with Crippen LogP contribution < -0.4 is 64.6 Å². The molecule has 6 aliphatic rings. The number of aliphatic hydroxyl groups is 1. The van der Waals surface area contributed by atoms with Gasteiger partial charge in [0.25, 0.3) is 0 Å². The predicted molar refractivity (Wildman–Crippen MR) is 455 cm³/mol. The lowest BCUT2D eigenvalue weighted by atomic mass is 9.43. The highest BCUT2D eigenvalue weighted by Gasteiger charge is 2.69. The lowest BCUT2D eigenvalue weighted by molar-refractivity contribution is -0.187. The Morgan fingerprint density at radius 3 is 1.76 bits per heavy atom. The van der Waals surface area contributed by atoms with Gasteiger partial charge < -0.3 is 99.8 Å². The van der Waals surface area contributed by atoms with Crippen molar-refractivity contribution < 1.29 is 97.1 Å². The number of benzene rings is 1. The van der Waals surface area contributed by atoms with E-state index in [1.165, 1.54) is 31.2 Å². The van der Waals surface area contributed by atoms with Gasteiger partial charge >= 0.3 is 17.9 Å². The fourth-order valence-electron chi connectivity index (χ4n) is 19.6. The Balaban J connectivity index is 0.781. The van der Waals surface area contributed by atoms with Crippen molar-refractivity contribution in [2.45, 2.75) is 211 Å². The zero-order valence-electron chi connectivity index (χ0n) is 72.3. The van der Waals surface area contributed by atoms with Crippen LogP contribution in [0, 0.1) is 52.3 Å². The molecule has 39 nitrogen and oxygen atoms in total. The highest BCUT2D eigenvalue weighted by Crippen LogP contribution is 2.71. The fourth-order valence-corrected chi connectivity index (χ4v) is 20.1. The lowest BCUT2D eigenvalue weighted by Crippen LogP contribution is -2.61. The van der Waals surface area contributed by atoms with Gasteiger partial charge in [-0.15, -0.1) is 0 Å². The van der Waals surface area contributed by atoms with E-state index < -0.39 is 144 Å². The number of aliphatic carboxylic acids is 3. The van der Waals surface area contributed by atoms with Crippen LogP contribution in [0.15, 0.2) is 43.0 Å². The largest absolute Gasteiger partial charge is 0.480 e. The number of amides is 12. The minimum Gasteiger partial charge on any atom is -0.480 e. The molecule has 124 heavy (non-hydrogen) atoms. The number of aromatic nitrogens is 3. The van der Waals surface area contributed by atoms with Crippen LogP contribution in [0.25, 0.3) is 10.9 Å². The quantitative estimate of drug-likeness (QED) is 0.0299. The predicted octanol–water partition coefficient (Wildman–Crippen LogP) is -1.72. The minimum absolute atomic E-state index is 0.0196. The van der Waals surface area contributed by atoms with E-state index >= 15 is 0 Å². The van der Waals surface area contributed by atoms with Gasteiger partial charge in [0.15, 0.2) is 0 Å². The van der Waals surface area contributed by atoms with Crippen LogP contribution >= 0.6 is 11.8 Å². The van der Waals surface area contributed by atoms with E-state index in [1.54, 1.807) is 45.7 Å². The van der Waals surface area contributed by atoms with Crippen LogP contribution in [0.1, 0.15) is 143 Å². The van der Waals surface area contributed by atoms with E-state index in [0.717, 1.165) is 30.2 Å². The molecule has 1 aromatic carbocycles. The van der Waals surface area contributed by atoms with Gasteiger partial charge in [-0.25, -0.2) is 4.98 Å². The number of primary amides is 2. The number of rotatable bonds is 43. The van der Waals surface area contributed by atoms with Crippen molar-refractivity contribution >= 4 is 111 Å². The highest BCUT2D eigenvalue weighted by molar-refractivity contribution is 7.98. The van der Waals surface area contributed by atoms with Crippen molar-refractivity contribution in [3.05, 3.63) is 54.2 Å². The number of nitrogens with one attached hydrogen (secondary N) is 12. The number of nitrogens with two attached hydrogens (primary N) is 2. The number of hydrogen-bond donors (Lipinski definition) is 18. The monoisotopic (exact) mass is 1760 g/mol. The summed E-state index contributed by atoms with van der Waals surface area (Å²) in [6.45, 7) is 12.6. The van der Waals surface area contributed by atoms with Crippen molar-refractivity contribution in [1.82, 2.24) is 87.7 Å². The second-order valence-electron chi connectivity index (χ2n) is 35.6. The SMILES string of the molecule is CSCC[C@H](NC(=O)[C@H](CC(C)C)NC(=O)[C@H](Cc1cnc[nH]1)NC(=O)CNC(=O)[C@@H](NC(=O)[C@H](C)NC(=O)[C@H](Cc1c[nH]c2ccccc12)NC(=O)[C@H](CCC(N)=O)NC(=O)CC[C@H]1O[C@H]2CC3C(C4CC[C@H]1[C@]42C)[C@H](O)C[C@@H]1C[C@@H](NC(=O)CNC(=O)CN2CCN(CC(=O)O)CCN(CC(=O)O)CCN(CC(=O)O)CC2)CC[C@]31C)C(C)C)C(N)=O. The van der Waals surface area contributed by atoms with Crippen LogP contribution in [0.4, 0.5) is 0 Å². The zero-order valence-corrected chi connectivity index (χ0v) is 73.1. The number of aliphatic hydroxyl groups excluding tert-OH is 1. The molecule has 4 heterocycles. The smallest absolute Gasteiger partial charge is 0.317 e. The second kappa shape index (κ2) is 45.3. The first-order valence-electron chi connectivity index (χ1n) is 43.2. The first-order valence-corrected chi connectivity index (χ1v) is 44.6. The third-order valence-corrected chi connectivity index (χ3v) is 26.8. The second-order valence-corrected chi connectivity index (χ2v) is 36.6. The maximum atomic E-state index is 14.7. The summed E-state index contributed by atoms with van der Waals surface area (Å²) >= 11 is 1.46. The third kappa shape index (κ3) is 27.1. The van der Waals surface area contributed by atoms with Crippen LogP contribution in [0.3, 0.4) is 0 Å². The van der Waals surface area contributed by atoms with E-state index in [0.29, 0.717) is 42.7 Å². The molecule has 4 aliphatic carbocycles. The number of para-hydroxylation sites is 1. The van der Waals surface area contributed by atoms with Gasteiger partial charge in [0.05, 0.1) is 63.9 Å². The maximum absolute atomic E-state index is 14.7. The van der Waals surface area contributed by atoms with Crippen molar-refractivity contribution in [3.8, 4) is 0 Å². The van der Waals surface area contributed by atoms with Crippen molar-refractivity contribution in [3.63, 3.8) is 0 Å². The van der Waals surface area contributed by atoms with E-state index in [1.807, 2.05) is 38.3 Å². The molecule has 0 bridgehead atoms. The van der Waals surface area contributed by atoms with E-state index in [2.05, 4.69) is 82.0 Å². The highest BCUT2D eigenvalue weighted by atomic mass is 32.2. The summed E-state index contributed by atoms with van der Waals surface area (Å²) in [6, 6.07) is -1.85. The van der Waals surface area contributed by atoms with Crippen LogP contribution in [0.2, 0.25) is 0 Å². The number of carboxylic acid groups (broad SMARTS) is 3. The summed E-state index contributed by atoms with van der Waals surface area (Å²) in [4.78, 5) is 217. The number of carbonyl (C=O) groups excluding carboxylic acids is 12. The summed E-state index contributed by atoms with van der Waals surface area (Å²) in [6.07, 6.45) is 9.90. The Bertz CT molecular complexity index is 4220. The number of imidazole rings is 1. The fraction of sp³-hybridized carbons (Fsp3) is 0.690. The summed E-state index contributed by atoms with van der Waals surface area (Å²) in [5, 5.41) is 69.2. The summed E-state index contributed by atoms with van der Waals surface area (Å²) in [5.74, 6) is -11.5. The molecule has 2 aliphatic heterocycles. The van der Waals surface area contributed by atoms with Crippen molar-refractivity contribution in [2.24, 2.45) is 63.7 Å². The van der Waals surface area contributed by atoms with Crippen LogP contribution in [-0.4, -0.2) is 314 Å². The van der Waals surface area contributed by atoms with Crippen molar-refractivity contribution in [2.75, 3.05) is 104 Å². The molecule has 4 saturated carbocycles. The molecule has 2 saturated heterocycles. The summed E-state index contributed by atoms with van der Waals surface area (Å²) in [5.41, 5.74) is 12.5. The van der Waals surface area contributed by atoms with Crippen LogP contribution in [-0.2, 0) is 89.5 Å². The molecule has 20 N–H and O–H groups in total. The van der Waals surface area contributed by atoms with Gasteiger partial charge in [0.2, 0.25) is 70.9 Å². The van der Waals surface area contributed by atoms with Gasteiger partial charge in [-0.05, 0) is 148 Å². The molecular weight excluding hydrogens is 1630 g/mol. The molecule has 40 heteroatoms. The Labute approximate surface area is 725 Å². The number of nitrogens with zero attached hydrogens (tertiary/aromatic N) is 5. The topological polar surface area (TPSA) is 576 Å². The number of ether oxygens (including phenoxy) is 1. The first kappa shape index (κ1) is 97.9. The molecular formula is C84H129N19O20S. The number of fused-ring (bicyclic) bond motifs is 5. The molecule has 12 amide bonds. The number of H-pyrrole nitrogens is 2. The summed E-state index contributed by atoms with van der Waals surface area (Å²) in [7, 11) is 0. The molecule has 686 valence electrons. The molecule has 9 rings (SSSR count). The van der Waals surface area contributed by atoms with Crippen LogP contribution in [0.5, 0.6) is 0 Å². The number of carboxylic acids is 3. The first-order chi connectivity index (χ1) is 58.8. The number of carbonyl (C=O) groups is 15. The van der Waals surface area contributed by atoms with Crippen molar-refractivity contribution in [1.29, 1.82) is 0 Å².